The number of hydrogen-bond acceptors (Lipinski definition) is 5. The monoisotopic (exact) mass is 316 g/mol. The number of anilines is 1. The van der Waals surface area contributed by atoms with Crippen LogP contribution < -0.4 is 16.1 Å². The molecule has 0 aliphatic rings. The van der Waals surface area contributed by atoms with Crippen molar-refractivity contribution in [2.24, 2.45) is 10.8 Å². The average Bonchev–Trinajstić information content (AvgIpc) is 2.35. The molecule has 0 aliphatic heterocycles. The lowest BCUT2D eigenvalue weighted by molar-refractivity contribution is 0.483. The molecule has 0 saturated carbocycles. The molecular formula is C11H16N4O3S2. The molecule has 4 N–H and O–H groups in total. The van der Waals surface area contributed by atoms with Crippen LogP contribution >= 0.6 is 12.2 Å². The molecule has 20 heavy (non-hydrogen) atoms. The van der Waals surface area contributed by atoms with Gasteiger partial charge in [-0.1, -0.05) is 12.1 Å². The van der Waals surface area contributed by atoms with Crippen LogP contribution in [0, 0.1) is 0 Å². The average molecular weight is 316 g/mol. The lowest BCUT2D eigenvalue weighted by atomic mass is 10.2. The van der Waals surface area contributed by atoms with Crippen LogP contribution in [-0.4, -0.2) is 43.6 Å². The van der Waals surface area contributed by atoms with E-state index in [-0.39, 0.29) is 17.4 Å². The van der Waals surface area contributed by atoms with Crippen LogP contribution in [0.25, 0.3) is 0 Å². The van der Waals surface area contributed by atoms with Gasteiger partial charge >= 0.3 is 0 Å². The molecule has 0 bridgehead atoms. The number of hydrazone groups is 1. The number of nitrogens with zero attached hydrogens (tertiary/aromatic N) is 2. The van der Waals surface area contributed by atoms with Crippen LogP contribution in [0.15, 0.2) is 29.4 Å². The first-order valence-electron chi connectivity index (χ1n) is 5.63. The molecule has 0 aliphatic carbocycles. The van der Waals surface area contributed by atoms with E-state index in [1.54, 1.807) is 18.2 Å². The zero-order valence-electron chi connectivity index (χ0n) is 10.9. The number of hydrogen-bond donors (Lipinski definition) is 3. The summed E-state index contributed by atoms with van der Waals surface area (Å²) in [6.45, 7) is 0.204. The van der Waals surface area contributed by atoms with E-state index < -0.39 is 10.1 Å². The molecule has 0 atom stereocenters. The maximum absolute atomic E-state index is 10.7. The largest absolute Gasteiger partial charge is 0.375 e. The van der Waals surface area contributed by atoms with Crippen molar-refractivity contribution in [3.63, 3.8) is 0 Å². The first-order chi connectivity index (χ1) is 9.28. The van der Waals surface area contributed by atoms with Crippen LogP contribution in [0.1, 0.15) is 5.56 Å². The van der Waals surface area contributed by atoms with Crippen LogP contribution in [0.4, 0.5) is 5.69 Å². The van der Waals surface area contributed by atoms with Crippen molar-refractivity contribution in [3.05, 3.63) is 29.8 Å². The van der Waals surface area contributed by atoms with E-state index >= 15 is 0 Å². The normalized spacial score (nSPS) is 11.5. The smallest absolute Gasteiger partial charge is 0.266 e. The number of benzene rings is 1. The highest BCUT2D eigenvalue weighted by atomic mass is 32.2. The van der Waals surface area contributed by atoms with Crippen molar-refractivity contribution in [2.45, 2.75) is 0 Å². The van der Waals surface area contributed by atoms with Gasteiger partial charge in [0.1, 0.15) is 0 Å². The molecule has 9 heteroatoms. The summed E-state index contributed by atoms with van der Waals surface area (Å²) in [5.41, 5.74) is 9.32. The molecule has 0 heterocycles. The molecule has 0 unspecified atom stereocenters. The van der Waals surface area contributed by atoms with Crippen molar-refractivity contribution in [2.75, 3.05) is 24.2 Å². The molecule has 7 nitrogen and oxygen atoms in total. The predicted octanol–water partition coefficient (Wildman–Crippen LogP) is 0.178. The Balaban J connectivity index is 2.61. The summed E-state index contributed by atoms with van der Waals surface area (Å²) in [5.74, 6) is -0.315. The number of thiocarbonyl (C=S) groups is 1. The van der Waals surface area contributed by atoms with Gasteiger partial charge in [-0.3, -0.25) is 9.98 Å². The number of rotatable bonds is 6. The van der Waals surface area contributed by atoms with Gasteiger partial charge in [-0.25, -0.2) is 0 Å². The molecule has 0 amide bonds. The van der Waals surface area contributed by atoms with Crippen LogP contribution in [-0.2, 0) is 10.1 Å². The third-order valence-electron chi connectivity index (χ3n) is 2.41. The molecule has 1 aromatic rings. The fraction of sp³-hybridized carbons (Fsp3) is 0.273. The van der Waals surface area contributed by atoms with Crippen LogP contribution in [0.3, 0.4) is 0 Å². The van der Waals surface area contributed by atoms with E-state index in [0.29, 0.717) is 0 Å². The van der Waals surface area contributed by atoms with E-state index in [9.17, 15) is 8.42 Å². The zero-order chi connectivity index (χ0) is 15.2. The topological polar surface area (TPSA) is 108 Å². The first-order valence-corrected chi connectivity index (χ1v) is 7.64. The molecule has 1 aromatic carbocycles. The lowest BCUT2D eigenvalue weighted by Crippen LogP contribution is -2.25. The zero-order valence-corrected chi connectivity index (χ0v) is 12.5. The number of nitrogens with two attached hydrogens (primary N) is 1. The Morgan fingerprint density at radius 1 is 1.50 bits per heavy atom. The Labute approximate surface area is 123 Å². The third-order valence-corrected chi connectivity index (χ3v) is 3.20. The van der Waals surface area contributed by atoms with Crippen molar-refractivity contribution >= 4 is 39.4 Å². The minimum atomic E-state index is -3.95. The Kier molecular flexibility index (Phi) is 5.86. The van der Waals surface area contributed by atoms with E-state index in [0.717, 1.165) is 11.3 Å². The predicted molar refractivity (Wildman–Crippen MR) is 83.6 cm³/mol. The standard InChI is InChI=1S/C11H16N4O3S2/c1-15(6-7-20(16,17)18)10-4-2-9(3-5-10)8-13-14-11(12)19/h2-5,8H,6-7H2,1H3,(H3,12,14,19)(H,16,17,18). The van der Waals surface area contributed by atoms with Gasteiger partial charge in [0.25, 0.3) is 10.1 Å². The van der Waals surface area contributed by atoms with Crippen LogP contribution in [0.5, 0.6) is 0 Å². The summed E-state index contributed by atoms with van der Waals surface area (Å²) >= 11 is 4.60. The number of nitrogens with one attached hydrogen (secondary N) is 1. The van der Waals surface area contributed by atoms with Crippen LogP contribution in [0.2, 0.25) is 0 Å². The Bertz CT molecular complexity index is 584. The van der Waals surface area contributed by atoms with Gasteiger partial charge in [0.2, 0.25) is 0 Å². The summed E-state index contributed by atoms with van der Waals surface area (Å²) in [5, 5.41) is 3.90. The van der Waals surface area contributed by atoms with Gasteiger partial charge in [-0.15, -0.1) is 0 Å². The molecule has 1 rings (SSSR count). The van der Waals surface area contributed by atoms with Gasteiger partial charge in [-0.05, 0) is 29.9 Å². The van der Waals surface area contributed by atoms with Crippen molar-refractivity contribution in [1.82, 2.24) is 5.43 Å². The van der Waals surface area contributed by atoms with Crippen molar-refractivity contribution in [1.29, 1.82) is 0 Å². The van der Waals surface area contributed by atoms with E-state index in [2.05, 4.69) is 22.7 Å². The molecule has 110 valence electrons. The Hall–Kier alpha value is -1.71. The summed E-state index contributed by atoms with van der Waals surface area (Å²) < 4.78 is 30.1. The Morgan fingerprint density at radius 3 is 2.60 bits per heavy atom. The van der Waals surface area contributed by atoms with Crippen molar-refractivity contribution in [3.8, 4) is 0 Å². The highest BCUT2D eigenvalue weighted by Crippen LogP contribution is 2.12. The molecule has 0 spiro atoms. The van der Waals surface area contributed by atoms with Gasteiger partial charge in [-0.2, -0.15) is 13.5 Å². The SMILES string of the molecule is CN(CCS(=O)(=O)O)c1ccc(C=NNC(N)=S)cc1. The maximum Gasteiger partial charge on any atom is 0.266 e. The second-order valence-corrected chi connectivity index (χ2v) is 6.05. The third kappa shape index (κ3) is 6.45. The summed E-state index contributed by atoms with van der Waals surface area (Å²) in [4.78, 5) is 1.72. The minimum Gasteiger partial charge on any atom is -0.375 e. The highest BCUT2D eigenvalue weighted by molar-refractivity contribution is 7.85. The lowest BCUT2D eigenvalue weighted by Gasteiger charge is -2.18. The van der Waals surface area contributed by atoms with E-state index in [1.807, 2.05) is 24.3 Å². The summed E-state index contributed by atoms with van der Waals surface area (Å²) in [6, 6.07) is 7.24. The van der Waals surface area contributed by atoms with Gasteiger partial charge < -0.3 is 10.6 Å². The van der Waals surface area contributed by atoms with Gasteiger partial charge in [0, 0.05) is 19.3 Å². The molecule has 0 saturated heterocycles. The minimum absolute atomic E-state index is 0.0859. The second kappa shape index (κ2) is 7.17. The summed E-state index contributed by atoms with van der Waals surface area (Å²) in [7, 11) is -2.21. The molecular weight excluding hydrogens is 300 g/mol. The molecule has 0 radical (unpaired) electrons. The second-order valence-electron chi connectivity index (χ2n) is 4.03. The molecule has 0 aromatic heterocycles. The van der Waals surface area contributed by atoms with Gasteiger partial charge in [0.05, 0.1) is 12.0 Å². The highest BCUT2D eigenvalue weighted by Gasteiger charge is 2.07. The Morgan fingerprint density at radius 2 is 2.10 bits per heavy atom. The molecule has 0 fully saturated rings. The van der Waals surface area contributed by atoms with Gasteiger partial charge in [0.15, 0.2) is 5.11 Å². The maximum atomic E-state index is 10.7. The van der Waals surface area contributed by atoms with E-state index in [1.165, 1.54) is 0 Å². The first kappa shape index (κ1) is 16.3. The quantitative estimate of drug-likeness (QED) is 0.297. The fourth-order valence-corrected chi connectivity index (χ4v) is 1.92. The van der Waals surface area contributed by atoms with Crippen molar-refractivity contribution < 1.29 is 13.0 Å². The van der Waals surface area contributed by atoms with E-state index in [4.69, 9.17) is 10.3 Å². The fourth-order valence-electron chi connectivity index (χ4n) is 1.37. The summed E-state index contributed by atoms with van der Waals surface area (Å²) in [6.07, 6.45) is 1.56.